The summed E-state index contributed by atoms with van der Waals surface area (Å²) < 4.78 is 1.12. The van der Waals surface area contributed by atoms with Gasteiger partial charge in [0.05, 0.1) is 27.7 Å². The predicted molar refractivity (Wildman–Crippen MR) is 71.6 cm³/mol. The van der Waals surface area contributed by atoms with Gasteiger partial charge in [-0.25, -0.2) is 0 Å². The lowest BCUT2D eigenvalue weighted by atomic mass is 10.1. The van der Waals surface area contributed by atoms with Crippen LogP contribution in [0, 0.1) is 0 Å². The summed E-state index contributed by atoms with van der Waals surface area (Å²) in [5, 5.41) is 0. The molecule has 0 aliphatic heterocycles. The summed E-state index contributed by atoms with van der Waals surface area (Å²) in [7, 11) is 6.81. The third-order valence-corrected chi connectivity index (χ3v) is 2.18. The van der Waals surface area contributed by atoms with Crippen molar-refractivity contribution in [1.82, 2.24) is 6.15 Å². The van der Waals surface area contributed by atoms with Crippen molar-refractivity contribution in [3.63, 3.8) is 0 Å². The Morgan fingerprint density at radius 2 is 1.20 bits per heavy atom. The maximum atomic E-state index is 2.27. The lowest BCUT2D eigenvalue weighted by molar-refractivity contribution is -0.870. The van der Waals surface area contributed by atoms with Crippen LogP contribution in [0.3, 0.4) is 0 Å². The molecule has 0 aromatic carbocycles. The van der Waals surface area contributed by atoms with Crippen molar-refractivity contribution in [3.05, 3.63) is 0 Å². The molecule has 0 rings (SSSR count). The van der Waals surface area contributed by atoms with Crippen molar-refractivity contribution >= 4 is 17.0 Å². The van der Waals surface area contributed by atoms with E-state index in [9.17, 15) is 0 Å². The Labute approximate surface area is 118 Å². The summed E-state index contributed by atoms with van der Waals surface area (Å²) in [4.78, 5) is 0. The summed E-state index contributed by atoms with van der Waals surface area (Å²) in [6, 6.07) is 0. The lowest BCUT2D eigenvalue weighted by Gasteiger charge is -2.23. The average Bonchev–Trinajstić information content (AvgIpc) is 1.94. The zero-order chi connectivity index (χ0) is 9.45. The van der Waals surface area contributed by atoms with E-state index in [0.717, 1.165) is 4.48 Å². The third kappa shape index (κ3) is 25.3. The summed E-state index contributed by atoms with van der Waals surface area (Å²) in [5.41, 5.74) is 0. The first-order valence-corrected chi connectivity index (χ1v) is 5.36. The minimum Gasteiger partial charge on any atom is -1.00 e. The zero-order valence-electron chi connectivity index (χ0n) is 10.9. The monoisotopic (exact) mass is 348 g/mol. The number of rotatable bonds is 7. The quantitative estimate of drug-likeness (QED) is 0.535. The van der Waals surface area contributed by atoms with Gasteiger partial charge in [-0.15, -0.1) is 17.0 Å². The van der Waals surface area contributed by atoms with Crippen LogP contribution in [0.25, 0.3) is 0 Å². The molecule has 0 aliphatic rings. The fraction of sp³-hybridized carbons (Fsp3) is 1.00. The highest BCUT2D eigenvalue weighted by Gasteiger charge is 2.04. The van der Waals surface area contributed by atoms with Gasteiger partial charge in [0.25, 0.3) is 0 Å². The summed E-state index contributed by atoms with van der Waals surface area (Å²) in [5.74, 6) is 0. The van der Waals surface area contributed by atoms with Gasteiger partial charge in [0, 0.05) is 0 Å². The van der Waals surface area contributed by atoms with Gasteiger partial charge in [-0.1, -0.05) is 32.6 Å². The molecule has 98 valence electrons. The predicted octanol–water partition coefficient (Wildman–Crippen LogP) is 0.797. The highest BCUT2D eigenvalue weighted by Crippen LogP contribution is 2.06. The molecule has 0 atom stereocenters. The van der Waals surface area contributed by atoms with Crippen molar-refractivity contribution in [2.45, 2.75) is 45.4 Å². The molecule has 0 bridgehead atoms. The molecule has 0 saturated carbocycles. The maximum Gasteiger partial charge on any atom is 0.0780 e. The van der Waals surface area contributed by atoms with Crippen molar-refractivity contribution in [3.8, 4) is 0 Å². The van der Waals surface area contributed by atoms with Crippen molar-refractivity contribution in [1.29, 1.82) is 0 Å². The van der Waals surface area contributed by atoms with E-state index in [0.29, 0.717) is 0 Å². The Bertz CT molecular complexity index is 103. The highest BCUT2D eigenvalue weighted by molar-refractivity contribution is 8.93. The lowest BCUT2D eigenvalue weighted by Crippen LogP contribution is -3.00. The molecular weight excluding hydrogens is 320 g/mol. The molecule has 4 heteroatoms. The molecule has 0 unspecified atom stereocenters. The molecule has 0 spiro atoms. The van der Waals surface area contributed by atoms with Crippen LogP contribution in [0.4, 0.5) is 0 Å². The molecule has 0 amide bonds. The highest BCUT2D eigenvalue weighted by atomic mass is 79.9. The fourth-order valence-corrected chi connectivity index (χ4v) is 1.37. The molecule has 0 heterocycles. The Hall–Kier alpha value is 0.880. The molecule has 0 aromatic rings. The van der Waals surface area contributed by atoms with E-state index in [2.05, 4.69) is 28.1 Å². The maximum absolute atomic E-state index is 2.27. The van der Waals surface area contributed by atoms with Crippen LogP contribution in [0.1, 0.15) is 45.4 Å². The van der Waals surface area contributed by atoms with Gasteiger partial charge in [-0.05, 0) is 12.8 Å². The minimum atomic E-state index is 0. The number of halogens is 2. The van der Waals surface area contributed by atoms with Gasteiger partial charge in [-0.2, -0.15) is 0 Å². The van der Waals surface area contributed by atoms with Crippen LogP contribution < -0.4 is 23.1 Å². The van der Waals surface area contributed by atoms with E-state index in [-0.39, 0.29) is 40.1 Å². The minimum absolute atomic E-state index is 0. The number of nitrogens with zero attached hydrogens (tertiary/aromatic N) is 1. The Morgan fingerprint density at radius 3 is 1.60 bits per heavy atom. The molecule has 15 heavy (non-hydrogen) atoms. The van der Waals surface area contributed by atoms with Crippen LogP contribution in [-0.2, 0) is 0 Å². The second-order valence-corrected chi connectivity index (χ2v) is 4.78. The summed E-state index contributed by atoms with van der Waals surface area (Å²) in [6.45, 7) is 3.60. The molecule has 0 fully saturated rings. The zero-order valence-corrected chi connectivity index (χ0v) is 14.2. The first-order valence-electron chi connectivity index (χ1n) is 5.36. The van der Waals surface area contributed by atoms with E-state index in [4.69, 9.17) is 0 Å². The molecule has 3 N–H and O–H groups in total. The Kier molecular flexibility index (Phi) is 24.7. The third-order valence-electron chi connectivity index (χ3n) is 2.18. The molecule has 0 radical (unpaired) electrons. The second-order valence-electron chi connectivity index (χ2n) is 4.78. The second kappa shape index (κ2) is 14.9. The Balaban J connectivity index is -0.000000202. The van der Waals surface area contributed by atoms with Crippen LogP contribution >= 0.6 is 17.0 Å². The van der Waals surface area contributed by atoms with Crippen LogP contribution in [0.5, 0.6) is 0 Å². The van der Waals surface area contributed by atoms with E-state index < -0.39 is 0 Å². The normalized spacial score (nSPS) is 9.60. The molecule has 0 aromatic heterocycles. The summed E-state index contributed by atoms with van der Waals surface area (Å²) in [6.07, 6.45) is 8.48. The number of unbranched alkanes of at least 4 members (excludes halogenated alkanes) is 5. The van der Waals surface area contributed by atoms with E-state index >= 15 is 0 Å². The van der Waals surface area contributed by atoms with Crippen molar-refractivity contribution < 1.29 is 21.5 Å². The first-order chi connectivity index (χ1) is 5.56. The molecule has 0 aliphatic carbocycles. The van der Waals surface area contributed by atoms with Gasteiger partial charge in [0.15, 0.2) is 0 Å². The van der Waals surface area contributed by atoms with E-state index in [1.165, 1.54) is 45.1 Å². The number of hydrogen-bond donors (Lipinski definition) is 1. The SMILES string of the molecule is Br.CCCCCCCC[N+](C)(C)C.N.[Br-]. The standard InChI is InChI=1S/C11H26N.2BrH.H3N/c1-5-6-7-8-9-10-11-12(2,3)4;;;/h5-11H2,1-4H3;2*1H;1H3/q+1;;;/p-1. The first kappa shape index (κ1) is 24.9. The fourth-order valence-electron chi connectivity index (χ4n) is 1.37. The van der Waals surface area contributed by atoms with Gasteiger partial charge in [0.2, 0.25) is 0 Å². The molecule has 0 saturated heterocycles. The van der Waals surface area contributed by atoms with Crippen molar-refractivity contribution in [2.24, 2.45) is 0 Å². The van der Waals surface area contributed by atoms with Crippen LogP contribution in [0.15, 0.2) is 0 Å². The topological polar surface area (TPSA) is 35.0 Å². The van der Waals surface area contributed by atoms with Crippen LogP contribution in [-0.4, -0.2) is 32.2 Å². The van der Waals surface area contributed by atoms with Gasteiger partial charge in [-0.3, -0.25) is 0 Å². The van der Waals surface area contributed by atoms with Gasteiger partial charge >= 0.3 is 0 Å². The van der Waals surface area contributed by atoms with Gasteiger partial charge in [0.1, 0.15) is 0 Å². The van der Waals surface area contributed by atoms with E-state index in [1.54, 1.807) is 0 Å². The van der Waals surface area contributed by atoms with Crippen molar-refractivity contribution in [2.75, 3.05) is 27.7 Å². The van der Waals surface area contributed by atoms with E-state index in [1.807, 2.05) is 0 Å². The number of quaternary nitrogens is 1. The smallest absolute Gasteiger partial charge is 0.0780 e. The molecular formula is C11H30Br2N2. The average molecular weight is 350 g/mol. The largest absolute Gasteiger partial charge is 1.00 e. The summed E-state index contributed by atoms with van der Waals surface area (Å²) >= 11 is 0. The molecule has 2 nitrogen and oxygen atoms in total. The van der Waals surface area contributed by atoms with Crippen LogP contribution in [0.2, 0.25) is 0 Å². The van der Waals surface area contributed by atoms with Gasteiger partial charge < -0.3 is 27.6 Å². The Morgan fingerprint density at radius 1 is 0.800 bits per heavy atom. The number of hydrogen-bond acceptors (Lipinski definition) is 1.